The van der Waals surface area contributed by atoms with E-state index in [1.807, 2.05) is 0 Å². The molecule has 0 aromatic heterocycles. The van der Waals surface area contributed by atoms with Crippen LogP contribution in [0.2, 0.25) is 0 Å². The minimum atomic E-state index is -2.49. The summed E-state index contributed by atoms with van der Waals surface area (Å²) in [6.45, 7) is 7.70. The van der Waals surface area contributed by atoms with Gasteiger partial charge in [-0.3, -0.25) is 24.0 Å². The number of hydrogen-bond donors (Lipinski definition) is 3. The molecule has 1 heterocycles. The zero-order valence-electron chi connectivity index (χ0n) is 37.8. The van der Waals surface area contributed by atoms with Crippen molar-refractivity contribution < 1.29 is 72.2 Å². The number of benzene rings is 3. The van der Waals surface area contributed by atoms with E-state index >= 15 is 4.79 Å². The van der Waals surface area contributed by atoms with Crippen molar-refractivity contribution in [1.29, 1.82) is 5.26 Å². The molecule has 0 unspecified atom stereocenters. The lowest BCUT2D eigenvalue weighted by atomic mass is 9.44. The number of carbonyl (C=O) groups is 7. The van der Waals surface area contributed by atoms with Gasteiger partial charge in [-0.15, -0.1) is 0 Å². The average molecular weight is 921 g/mol. The molecule has 3 aromatic rings. The van der Waals surface area contributed by atoms with Gasteiger partial charge in [-0.25, -0.2) is 9.59 Å². The molecule has 17 nitrogen and oxygen atoms in total. The molecule has 2 saturated carbocycles. The summed E-state index contributed by atoms with van der Waals surface area (Å²) in [5, 5.41) is 37.9. The number of esters is 5. The molecule has 3 N–H and O–H groups in total. The molecule has 1 aliphatic heterocycles. The summed E-state index contributed by atoms with van der Waals surface area (Å²) in [5.74, 6) is -8.29. The van der Waals surface area contributed by atoms with Crippen LogP contribution in [0.4, 0.5) is 0 Å². The van der Waals surface area contributed by atoms with E-state index in [-0.39, 0.29) is 35.3 Å². The van der Waals surface area contributed by atoms with Crippen molar-refractivity contribution in [3.05, 3.63) is 119 Å². The molecule has 7 rings (SSSR count). The number of carbonyl (C=O) groups excluding carboxylic acids is 7. The van der Waals surface area contributed by atoms with E-state index in [9.17, 15) is 44.2 Å². The number of aliphatic hydroxyl groups excluding tert-OH is 1. The summed E-state index contributed by atoms with van der Waals surface area (Å²) in [4.78, 5) is 97.9. The largest absolute Gasteiger partial charge is 0.460 e. The number of nitrogens with zero attached hydrogens (tertiary/aromatic N) is 1. The molecule has 3 fully saturated rings. The highest BCUT2D eigenvalue weighted by Crippen LogP contribution is 2.65. The molecule has 17 heteroatoms. The van der Waals surface area contributed by atoms with Crippen LogP contribution in [0.15, 0.2) is 102 Å². The molecule has 3 aromatic carbocycles. The molecule has 352 valence electrons. The highest BCUT2D eigenvalue weighted by Gasteiger charge is 2.79. The van der Waals surface area contributed by atoms with Crippen LogP contribution < -0.4 is 5.32 Å². The Morgan fingerprint density at radius 3 is 2.00 bits per heavy atom. The third-order valence-corrected chi connectivity index (χ3v) is 13.9. The van der Waals surface area contributed by atoms with Gasteiger partial charge in [0.15, 0.2) is 23.6 Å². The highest BCUT2D eigenvalue weighted by molar-refractivity contribution is 5.96. The first kappa shape index (κ1) is 48.2. The summed E-state index contributed by atoms with van der Waals surface area (Å²) < 4.78 is 36.5. The number of nitrogens with one attached hydrogen (secondary N) is 1. The number of Topliss-reactive ketones (excluding diaryl/α,β-unsaturated/α-hetero) is 1. The van der Waals surface area contributed by atoms with Gasteiger partial charge >= 0.3 is 29.8 Å². The number of aliphatic hydroxyl groups is 2. The van der Waals surface area contributed by atoms with Crippen molar-refractivity contribution in [3.63, 3.8) is 0 Å². The van der Waals surface area contributed by atoms with Gasteiger partial charge in [0, 0.05) is 37.7 Å². The lowest BCUT2D eigenvalue weighted by molar-refractivity contribution is -0.346. The number of fused-ring (bicyclic) bond motifs is 5. The first-order chi connectivity index (χ1) is 31.7. The van der Waals surface area contributed by atoms with E-state index in [0.717, 1.165) is 13.8 Å². The zero-order chi connectivity index (χ0) is 48.6. The summed E-state index contributed by atoms with van der Waals surface area (Å²) >= 11 is 0. The quantitative estimate of drug-likeness (QED) is 0.131. The maximum atomic E-state index is 15.9. The third-order valence-electron chi connectivity index (χ3n) is 13.9. The van der Waals surface area contributed by atoms with Crippen LogP contribution in [0.1, 0.15) is 93.1 Å². The van der Waals surface area contributed by atoms with Crippen LogP contribution in [0, 0.1) is 28.1 Å². The van der Waals surface area contributed by atoms with Gasteiger partial charge in [0.05, 0.1) is 35.6 Å². The number of rotatable bonds is 12. The predicted molar refractivity (Wildman–Crippen MR) is 232 cm³/mol. The second-order valence-corrected chi connectivity index (χ2v) is 18.2. The fourth-order valence-electron chi connectivity index (χ4n) is 10.6. The molecule has 0 radical (unpaired) electrons. The standard InChI is InChI=1S/C50H52N2O15/c1-27-33(64-46(60)39(56)38(30-16-10-7-11-17-30)52-44(58)31-18-12-8-13-19-31)25-50(61)43(66-45(59)32-20-14-9-15-21-32)41-48(6,42(57)40(63-28(2)53)37(27)47(50,4)5)34(65-36(55)22-23-51)24-35-49(41,26-62-35)67-29(3)54/h7-21,33-35,38-41,43,56,61H,22,24-26H2,1-6H3,(H,52,58)/t33-,34-,35+,38-,39+,40+,41-,43-,48+,49-,50+/m0/s1. The molecular formula is C50H52N2O15. The van der Waals surface area contributed by atoms with Crippen molar-refractivity contribution in [2.75, 3.05) is 6.61 Å². The Hall–Kier alpha value is -6.74. The Kier molecular flexibility index (Phi) is 13.3. The highest BCUT2D eigenvalue weighted by atomic mass is 16.6. The van der Waals surface area contributed by atoms with Crippen LogP contribution in [-0.2, 0) is 52.4 Å². The van der Waals surface area contributed by atoms with Gasteiger partial charge in [0.25, 0.3) is 5.91 Å². The number of ether oxygens (including phenoxy) is 6. The van der Waals surface area contributed by atoms with Gasteiger partial charge in [-0.1, -0.05) is 80.6 Å². The van der Waals surface area contributed by atoms with E-state index in [4.69, 9.17) is 28.4 Å². The molecule has 1 amide bonds. The third kappa shape index (κ3) is 8.49. The molecule has 67 heavy (non-hydrogen) atoms. The van der Waals surface area contributed by atoms with Crippen LogP contribution in [0.5, 0.6) is 0 Å². The molecule has 0 spiro atoms. The van der Waals surface area contributed by atoms with Gasteiger partial charge < -0.3 is 44.0 Å². The summed E-state index contributed by atoms with van der Waals surface area (Å²) in [6.07, 6.45) is -11.8. The van der Waals surface area contributed by atoms with Crippen LogP contribution in [0.3, 0.4) is 0 Å². The van der Waals surface area contributed by atoms with Crippen molar-refractivity contribution >= 4 is 41.5 Å². The predicted octanol–water partition coefficient (Wildman–Crippen LogP) is 4.20. The summed E-state index contributed by atoms with van der Waals surface area (Å²) in [7, 11) is 0. The lowest BCUT2D eigenvalue weighted by Crippen LogP contribution is -2.82. The smallest absolute Gasteiger partial charge is 0.338 e. The Morgan fingerprint density at radius 1 is 0.851 bits per heavy atom. The molecule has 2 bridgehead atoms. The van der Waals surface area contributed by atoms with Gasteiger partial charge in [-0.05, 0) is 54.8 Å². The van der Waals surface area contributed by atoms with Crippen LogP contribution in [0.25, 0.3) is 0 Å². The minimum Gasteiger partial charge on any atom is -0.460 e. The molecule has 1 saturated heterocycles. The van der Waals surface area contributed by atoms with E-state index in [1.54, 1.807) is 84.9 Å². The molecule has 3 aliphatic carbocycles. The van der Waals surface area contributed by atoms with Crippen molar-refractivity contribution in [1.82, 2.24) is 5.32 Å². The maximum absolute atomic E-state index is 15.9. The fourth-order valence-corrected chi connectivity index (χ4v) is 10.6. The van der Waals surface area contributed by atoms with E-state index in [0.29, 0.717) is 5.56 Å². The first-order valence-electron chi connectivity index (χ1n) is 21.8. The average Bonchev–Trinajstić information content (AvgIpc) is 3.29. The minimum absolute atomic E-state index is 0.0193. The number of nitriles is 1. The number of hydrogen-bond acceptors (Lipinski definition) is 16. The number of ketones is 1. The van der Waals surface area contributed by atoms with E-state index in [2.05, 4.69) is 5.32 Å². The SMILES string of the molecule is CC(=O)O[C@H]1C(=O)[C@]2(C)[C@@H](OC(=O)CC#N)C[C@H]3OC[C@@]3(OC(C)=O)[C@H]2[C@H](OC(=O)c2ccccc2)[C@]2(O)C[C@H](OC(=O)[C@H](O)[C@@H](NC(=O)c3ccccc3)c3ccccc3)C(C)=C1C2(C)C. The fraction of sp³-hybridized carbons (Fsp3) is 0.440. The molecule has 11 atom stereocenters. The van der Waals surface area contributed by atoms with Crippen LogP contribution in [-0.4, -0.2) is 106 Å². The van der Waals surface area contributed by atoms with Crippen LogP contribution >= 0.6 is 0 Å². The second kappa shape index (κ2) is 18.5. The van der Waals surface area contributed by atoms with E-state index in [1.165, 1.54) is 39.8 Å². The lowest BCUT2D eigenvalue weighted by Gasteiger charge is -2.67. The summed E-state index contributed by atoms with van der Waals surface area (Å²) in [5.41, 5.74) is -7.65. The van der Waals surface area contributed by atoms with Crippen molar-refractivity contribution in [3.8, 4) is 6.07 Å². The Balaban J connectivity index is 1.42. The molecule has 4 aliphatic rings. The van der Waals surface area contributed by atoms with Crippen molar-refractivity contribution in [2.45, 2.75) is 115 Å². The van der Waals surface area contributed by atoms with Crippen molar-refractivity contribution in [2.24, 2.45) is 16.7 Å². The normalized spacial score (nSPS) is 30.1. The summed E-state index contributed by atoms with van der Waals surface area (Å²) in [6, 6.07) is 24.3. The Bertz CT molecular complexity index is 2520. The Morgan fingerprint density at radius 2 is 1.45 bits per heavy atom. The zero-order valence-corrected chi connectivity index (χ0v) is 37.8. The monoisotopic (exact) mass is 920 g/mol. The second-order valence-electron chi connectivity index (χ2n) is 18.2. The van der Waals surface area contributed by atoms with Gasteiger partial charge in [-0.2, -0.15) is 5.26 Å². The topological polar surface area (TPSA) is 251 Å². The maximum Gasteiger partial charge on any atom is 0.338 e. The Labute approximate surface area is 386 Å². The number of amides is 1. The van der Waals surface area contributed by atoms with E-state index < -0.39 is 125 Å². The molecular weight excluding hydrogens is 869 g/mol. The van der Waals surface area contributed by atoms with Gasteiger partial charge in [0.2, 0.25) is 0 Å². The van der Waals surface area contributed by atoms with Gasteiger partial charge in [0.1, 0.15) is 36.4 Å². The first-order valence-corrected chi connectivity index (χ1v) is 21.8.